The van der Waals surface area contributed by atoms with Crippen molar-refractivity contribution in [3.63, 3.8) is 0 Å². The van der Waals surface area contributed by atoms with Crippen molar-refractivity contribution in [1.82, 2.24) is 19.9 Å². The number of aryl methyl sites for hydroxylation is 2. The minimum atomic E-state index is 0.861. The van der Waals surface area contributed by atoms with Gasteiger partial charge in [-0.25, -0.2) is 15.0 Å². The molecule has 1 aliphatic rings. The van der Waals surface area contributed by atoms with Gasteiger partial charge >= 0.3 is 0 Å². The summed E-state index contributed by atoms with van der Waals surface area (Å²) >= 11 is 1.61. The van der Waals surface area contributed by atoms with Gasteiger partial charge in [0, 0.05) is 23.7 Å². The molecule has 0 fully saturated rings. The average Bonchev–Trinajstić information content (AvgIpc) is 2.81. The molecule has 0 unspecified atom stereocenters. The van der Waals surface area contributed by atoms with E-state index in [2.05, 4.69) is 19.9 Å². The SMILES string of the molecule is Cc1nc2c(c(Sc3ncc[nH]3)n1)CCCC2. The van der Waals surface area contributed by atoms with E-state index in [-0.39, 0.29) is 0 Å². The molecule has 17 heavy (non-hydrogen) atoms. The average molecular weight is 246 g/mol. The third-order valence-corrected chi connectivity index (χ3v) is 3.87. The zero-order valence-corrected chi connectivity index (χ0v) is 10.5. The number of rotatable bonds is 2. The van der Waals surface area contributed by atoms with Gasteiger partial charge in [0.05, 0.1) is 0 Å². The molecule has 0 amide bonds. The van der Waals surface area contributed by atoms with Crippen LogP contribution in [0.5, 0.6) is 0 Å². The Bertz CT molecular complexity index is 522. The summed E-state index contributed by atoms with van der Waals surface area (Å²) in [5.74, 6) is 0.861. The summed E-state index contributed by atoms with van der Waals surface area (Å²) in [6.45, 7) is 1.96. The van der Waals surface area contributed by atoms with E-state index in [9.17, 15) is 0 Å². The van der Waals surface area contributed by atoms with Crippen molar-refractivity contribution in [2.24, 2.45) is 0 Å². The number of aromatic amines is 1. The Hall–Kier alpha value is -1.36. The topological polar surface area (TPSA) is 54.5 Å². The van der Waals surface area contributed by atoms with E-state index in [1.807, 2.05) is 13.1 Å². The van der Waals surface area contributed by atoms with Gasteiger partial charge in [0.2, 0.25) is 0 Å². The van der Waals surface area contributed by atoms with Crippen LogP contribution in [0.15, 0.2) is 22.6 Å². The van der Waals surface area contributed by atoms with E-state index >= 15 is 0 Å². The molecule has 4 nitrogen and oxygen atoms in total. The molecule has 0 bridgehead atoms. The standard InChI is InChI=1S/C12H14N4S/c1-8-15-10-5-3-2-4-9(10)11(16-8)17-12-13-6-7-14-12/h6-7H,2-5H2,1H3,(H,13,14). The molecule has 0 saturated carbocycles. The molecule has 5 heteroatoms. The van der Waals surface area contributed by atoms with Gasteiger partial charge in [-0.15, -0.1) is 0 Å². The third kappa shape index (κ3) is 2.20. The highest BCUT2D eigenvalue weighted by molar-refractivity contribution is 7.99. The smallest absolute Gasteiger partial charge is 0.171 e. The second-order valence-corrected chi connectivity index (χ2v) is 5.18. The van der Waals surface area contributed by atoms with Gasteiger partial charge in [0.25, 0.3) is 0 Å². The molecule has 0 spiro atoms. The minimum Gasteiger partial charge on any atom is -0.339 e. The lowest BCUT2D eigenvalue weighted by Crippen LogP contribution is -2.10. The van der Waals surface area contributed by atoms with E-state index in [1.54, 1.807) is 18.0 Å². The highest BCUT2D eigenvalue weighted by Gasteiger charge is 2.17. The number of nitrogens with zero attached hydrogens (tertiary/aromatic N) is 3. The Kier molecular flexibility index (Phi) is 2.84. The lowest BCUT2D eigenvalue weighted by Gasteiger charge is -2.17. The van der Waals surface area contributed by atoms with Crippen molar-refractivity contribution >= 4 is 11.8 Å². The van der Waals surface area contributed by atoms with Crippen molar-refractivity contribution in [3.05, 3.63) is 29.5 Å². The summed E-state index contributed by atoms with van der Waals surface area (Å²) < 4.78 is 0. The molecule has 0 atom stereocenters. The first kappa shape index (κ1) is 10.8. The first-order chi connectivity index (χ1) is 8.33. The van der Waals surface area contributed by atoms with E-state index in [1.165, 1.54) is 24.1 Å². The molecule has 0 aromatic carbocycles. The van der Waals surface area contributed by atoms with Crippen molar-refractivity contribution in [2.75, 3.05) is 0 Å². The molecule has 1 N–H and O–H groups in total. The maximum atomic E-state index is 4.55. The van der Waals surface area contributed by atoms with Crippen LogP contribution in [0.2, 0.25) is 0 Å². The van der Waals surface area contributed by atoms with Gasteiger partial charge < -0.3 is 4.98 Å². The van der Waals surface area contributed by atoms with Crippen LogP contribution in [-0.2, 0) is 12.8 Å². The van der Waals surface area contributed by atoms with E-state index in [0.717, 1.165) is 28.8 Å². The van der Waals surface area contributed by atoms with Gasteiger partial charge in [0.15, 0.2) is 5.16 Å². The van der Waals surface area contributed by atoms with Gasteiger partial charge in [-0.3, -0.25) is 0 Å². The number of fused-ring (bicyclic) bond motifs is 1. The predicted octanol–water partition coefficient (Wildman–Crippen LogP) is 2.54. The number of H-pyrrole nitrogens is 1. The predicted molar refractivity (Wildman–Crippen MR) is 66.1 cm³/mol. The van der Waals surface area contributed by atoms with Crippen LogP contribution < -0.4 is 0 Å². The summed E-state index contributed by atoms with van der Waals surface area (Å²) in [5, 5.41) is 1.97. The monoisotopic (exact) mass is 246 g/mol. The Labute approximate surface area is 104 Å². The van der Waals surface area contributed by atoms with Crippen molar-refractivity contribution in [3.8, 4) is 0 Å². The van der Waals surface area contributed by atoms with Crippen LogP contribution in [0.1, 0.15) is 29.9 Å². The first-order valence-electron chi connectivity index (χ1n) is 5.86. The van der Waals surface area contributed by atoms with Crippen LogP contribution in [0.3, 0.4) is 0 Å². The molecule has 88 valence electrons. The van der Waals surface area contributed by atoms with Gasteiger partial charge in [-0.1, -0.05) is 0 Å². The molecule has 0 saturated heterocycles. The lowest BCUT2D eigenvalue weighted by molar-refractivity contribution is 0.640. The normalized spacial score (nSPS) is 14.6. The minimum absolute atomic E-state index is 0.861. The van der Waals surface area contributed by atoms with E-state index in [4.69, 9.17) is 0 Å². The number of aromatic nitrogens is 4. The highest BCUT2D eigenvalue weighted by atomic mass is 32.2. The Morgan fingerprint density at radius 2 is 2.12 bits per heavy atom. The quantitative estimate of drug-likeness (QED) is 0.827. The Morgan fingerprint density at radius 1 is 1.24 bits per heavy atom. The molecule has 0 radical (unpaired) electrons. The number of hydrogen-bond donors (Lipinski definition) is 1. The van der Waals surface area contributed by atoms with Gasteiger partial charge in [-0.2, -0.15) is 0 Å². The van der Waals surface area contributed by atoms with E-state index in [0.29, 0.717) is 0 Å². The molecule has 2 aromatic heterocycles. The Morgan fingerprint density at radius 3 is 2.94 bits per heavy atom. The number of hydrogen-bond acceptors (Lipinski definition) is 4. The maximum Gasteiger partial charge on any atom is 0.171 e. The Balaban J connectivity index is 2.00. The van der Waals surface area contributed by atoms with Crippen LogP contribution in [0.25, 0.3) is 0 Å². The summed E-state index contributed by atoms with van der Waals surface area (Å²) in [6, 6.07) is 0. The van der Waals surface area contributed by atoms with Crippen LogP contribution in [-0.4, -0.2) is 19.9 Å². The number of imidazole rings is 1. The molecule has 2 heterocycles. The first-order valence-corrected chi connectivity index (χ1v) is 6.68. The van der Waals surface area contributed by atoms with Crippen molar-refractivity contribution in [1.29, 1.82) is 0 Å². The lowest BCUT2D eigenvalue weighted by atomic mass is 9.97. The zero-order chi connectivity index (χ0) is 11.7. The van der Waals surface area contributed by atoms with Gasteiger partial charge in [0.1, 0.15) is 10.9 Å². The fourth-order valence-electron chi connectivity index (χ4n) is 2.16. The summed E-state index contributed by atoms with van der Waals surface area (Å²) in [5.41, 5.74) is 2.56. The summed E-state index contributed by atoms with van der Waals surface area (Å²) in [7, 11) is 0. The molecule has 2 aromatic rings. The summed E-state index contributed by atoms with van der Waals surface area (Å²) in [6.07, 6.45) is 8.27. The largest absolute Gasteiger partial charge is 0.339 e. The van der Waals surface area contributed by atoms with E-state index < -0.39 is 0 Å². The maximum absolute atomic E-state index is 4.55. The molecule has 0 aliphatic heterocycles. The van der Waals surface area contributed by atoms with Gasteiger partial charge in [-0.05, 0) is 44.4 Å². The third-order valence-electron chi connectivity index (χ3n) is 2.92. The number of nitrogens with one attached hydrogen (secondary N) is 1. The van der Waals surface area contributed by atoms with Crippen LogP contribution in [0, 0.1) is 6.92 Å². The molecular weight excluding hydrogens is 232 g/mol. The fourth-order valence-corrected chi connectivity index (χ4v) is 3.10. The molecule has 3 rings (SSSR count). The van der Waals surface area contributed by atoms with Crippen molar-refractivity contribution in [2.45, 2.75) is 42.8 Å². The zero-order valence-electron chi connectivity index (χ0n) is 9.73. The molecular formula is C12H14N4S. The summed E-state index contributed by atoms with van der Waals surface area (Å²) in [4.78, 5) is 16.4. The highest BCUT2D eigenvalue weighted by Crippen LogP contribution is 2.31. The van der Waals surface area contributed by atoms with Crippen molar-refractivity contribution < 1.29 is 0 Å². The van der Waals surface area contributed by atoms with Crippen LogP contribution >= 0.6 is 11.8 Å². The second kappa shape index (κ2) is 4.49. The fraction of sp³-hybridized carbons (Fsp3) is 0.417. The van der Waals surface area contributed by atoms with Crippen LogP contribution in [0.4, 0.5) is 0 Å². The second-order valence-electron chi connectivity index (χ2n) is 4.20. The molecule has 1 aliphatic carbocycles.